The van der Waals surface area contributed by atoms with Crippen molar-refractivity contribution in [1.29, 1.82) is 0 Å². The molecule has 1 rings (SSSR count). The third kappa shape index (κ3) is 2.69. The summed E-state index contributed by atoms with van der Waals surface area (Å²) in [6.07, 6.45) is 0. The zero-order valence-electron chi connectivity index (χ0n) is 10.4. The fourth-order valence-electron chi connectivity index (χ4n) is 1.73. The first-order chi connectivity index (χ1) is 10.1. The highest BCUT2D eigenvalue weighted by atomic mass is 16.7. The second-order valence-corrected chi connectivity index (χ2v) is 3.72. The van der Waals surface area contributed by atoms with Crippen molar-refractivity contribution in [3.8, 4) is 0 Å². The van der Waals surface area contributed by atoms with Crippen LogP contribution in [0, 0.1) is 0 Å². The fourth-order valence-corrected chi connectivity index (χ4v) is 1.73. The van der Waals surface area contributed by atoms with E-state index in [1.807, 2.05) is 0 Å². The van der Waals surface area contributed by atoms with Crippen molar-refractivity contribution in [2.75, 3.05) is 0 Å². The normalized spacial score (nSPS) is 9.86. The molecule has 0 heterocycles. The van der Waals surface area contributed by atoms with Crippen LogP contribution in [0.1, 0.15) is 51.8 Å². The molecule has 0 aromatic heterocycles. The van der Waals surface area contributed by atoms with Crippen molar-refractivity contribution in [3.05, 3.63) is 33.9 Å². The Bertz CT molecular complexity index is 720. The number of hydrogen-bond donors (Lipinski definition) is 5. The summed E-state index contributed by atoms with van der Waals surface area (Å²) in [5.74, 6) is -4.88. The van der Waals surface area contributed by atoms with Gasteiger partial charge in [-0.05, 0) is 6.07 Å². The molecule has 116 valence electrons. The van der Waals surface area contributed by atoms with Gasteiger partial charge in [-0.25, -0.2) is 24.0 Å². The Labute approximate surface area is 120 Å². The third-order valence-electron chi connectivity index (χ3n) is 2.53. The summed E-state index contributed by atoms with van der Waals surface area (Å²) in [6.45, 7) is 0. The molecule has 6 N–H and O–H groups in total. The first kappa shape index (κ1) is 16.6. The highest BCUT2D eigenvalue weighted by molar-refractivity contribution is 6.17. The predicted molar refractivity (Wildman–Crippen MR) is 63.9 cm³/mol. The highest BCUT2D eigenvalue weighted by Gasteiger charge is 2.34. The molecular weight excluding hydrogens is 306 g/mol. The fraction of sp³-hybridized carbons (Fsp3) is 0. The Morgan fingerprint density at radius 2 is 1.14 bits per heavy atom. The van der Waals surface area contributed by atoms with E-state index in [1.54, 1.807) is 0 Å². The van der Waals surface area contributed by atoms with Crippen molar-refractivity contribution in [1.82, 2.24) is 0 Å². The Morgan fingerprint density at radius 3 is 1.45 bits per heavy atom. The SMILES string of the molecule is NOC(=O)c1cc(C(=O)O)c(C(=O)O)c(C(=O)O)c1C(=O)O. The van der Waals surface area contributed by atoms with E-state index in [0.29, 0.717) is 6.07 Å². The molecule has 0 radical (unpaired) electrons. The van der Waals surface area contributed by atoms with E-state index < -0.39 is 57.7 Å². The molecule has 0 saturated heterocycles. The molecule has 0 atom stereocenters. The molecular formula is C11H7NO10. The Morgan fingerprint density at radius 1 is 0.727 bits per heavy atom. The van der Waals surface area contributed by atoms with E-state index in [4.69, 9.17) is 20.4 Å². The van der Waals surface area contributed by atoms with Crippen molar-refractivity contribution < 1.29 is 49.2 Å². The number of hydrogen-bond acceptors (Lipinski definition) is 7. The number of carboxylic acids is 4. The van der Waals surface area contributed by atoms with Gasteiger partial charge in [0.05, 0.1) is 27.8 Å². The molecule has 11 nitrogen and oxygen atoms in total. The van der Waals surface area contributed by atoms with E-state index in [-0.39, 0.29) is 0 Å². The van der Waals surface area contributed by atoms with Crippen LogP contribution in [0.2, 0.25) is 0 Å². The Hall–Kier alpha value is -3.47. The number of aromatic carboxylic acids is 4. The van der Waals surface area contributed by atoms with Crippen LogP contribution in [0.5, 0.6) is 0 Å². The van der Waals surface area contributed by atoms with Crippen molar-refractivity contribution in [2.24, 2.45) is 5.90 Å². The summed E-state index contributed by atoms with van der Waals surface area (Å²) in [4.78, 5) is 59.7. The zero-order chi connectivity index (χ0) is 17.2. The van der Waals surface area contributed by atoms with Crippen LogP contribution in [0.3, 0.4) is 0 Å². The number of benzene rings is 1. The number of rotatable bonds is 5. The van der Waals surface area contributed by atoms with Gasteiger partial charge in [0.15, 0.2) is 0 Å². The minimum absolute atomic E-state index is 0.372. The van der Waals surface area contributed by atoms with Crippen LogP contribution in [-0.4, -0.2) is 50.3 Å². The molecule has 0 unspecified atom stereocenters. The zero-order valence-corrected chi connectivity index (χ0v) is 10.4. The lowest BCUT2D eigenvalue weighted by molar-refractivity contribution is 0.0490. The first-order valence-electron chi connectivity index (χ1n) is 5.18. The molecule has 22 heavy (non-hydrogen) atoms. The van der Waals surface area contributed by atoms with Gasteiger partial charge in [-0.1, -0.05) is 0 Å². The first-order valence-corrected chi connectivity index (χ1v) is 5.18. The molecule has 0 amide bonds. The van der Waals surface area contributed by atoms with E-state index >= 15 is 0 Å². The summed E-state index contributed by atoms with van der Waals surface area (Å²) in [5.41, 5.74) is -6.01. The second kappa shape index (κ2) is 5.88. The summed E-state index contributed by atoms with van der Waals surface area (Å²) in [5, 5.41) is 36.0. The van der Waals surface area contributed by atoms with Crippen LogP contribution >= 0.6 is 0 Å². The van der Waals surface area contributed by atoms with Crippen LogP contribution in [0.15, 0.2) is 6.07 Å². The van der Waals surface area contributed by atoms with Gasteiger partial charge in [-0.15, -0.1) is 0 Å². The van der Waals surface area contributed by atoms with Gasteiger partial charge in [-0.2, -0.15) is 5.90 Å². The van der Waals surface area contributed by atoms with Crippen LogP contribution < -0.4 is 5.90 Å². The lowest BCUT2D eigenvalue weighted by atomic mass is 9.91. The molecule has 0 bridgehead atoms. The van der Waals surface area contributed by atoms with Crippen LogP contribution in [0.4, 0.5) is 0 Å². The van der Waals surface area contributed by atoms with Gasteiger partial charge in [0.2, 0.25) is 0 Å². The van der Waals surface area contributed by atoms with Crippen molar-refractivity contribution >= 4 is 29.8 Å². The van der Waals surface area contributed by atoms with Crippen molar-refractivity contribution in [2.45, 2.75) is 0 Å². The molecule has 0 aliphatic heterocycles. The highest BCUT2D eigenvalue weighted by Crippen LogP contribution is 2.25. The lowest BCUT2D eigenvalue weighted by Crippen LogP contribution is -2.24. The smallest absolute Gasteiger partial charge is 0.357 e. The standard InChI is InChI=1S/C11H7NO10/c12-22-11(21)3-1-2(7(13)14)4(8(15)16)6(10(19)20)5(3)9(17)18/h1H,12H2,(H,13,14)(H,15,16)(H,17,18)(H,19,20). The molecule has 0 saturated carbocycles. The monoisotopic (exact) mass is 313 g/mol. The van der Waals surface area contributed by atoms with E-state index in [9.17, 15) is 24.0 Å². The quantitative estimate of drug-likeness (QED) is 0.439. The second-order valence-electron chi connectivity index (χ2n) is 3.72. The van der Waals surface area contributed by atoms with Crippen LogP contribution in [-0.2, 0) is 4.84 Å². The minimum Gasteiger partial charge on any atom is -0.478 e. The lowest BCUT2D eigenvalue weighted by Gasteiger charge is -2.12. The van der Waals surface area contributed by atoms with Gasteiger partial charge in [0.1, 0.15) is 0 Å². The number of carboxylic acid groups (broad SMARTS) is 4. The van der Waals surface area contributed by atoms with E-state index in [1.165, 1.54) is 0 Å². The number of carbonyl (C=O) groups is 5. The van der Waals surface area contributed by atoms with Gasteiger partial charge in [0.25, 0.3) is 0 Å². The molecule has 0 aliphatic rings. The number of carbonyl (C=O) groups excluding carboxylic acids is 1. The maximum atomic E-state index is 11.4. The molecule has 1 aromatic carbocycles. The van der Waals surface area contributed by atoms with E-state index in [2.05, 4.69) is 10.7 Å². The Balaban J connectivity index is 4.11. The largest absolute Gasteiger partial charge is 0.478 e. The topological polar surface area (TPSA) is 202 Å². The molecule has 0 fully saturated rings. The Kier molecular flexibility index (Phi) is 4.44. The van der Waals surface area contributed by atoms with Crippen LogP contribution in [0.25, 0.3) is 0 Å². The van der Waals surface area contributed by atoms with E-state index in [0.717, 1.165) is 0 Å². The van der Waals surface area contributed by atoms with Gasteiger partial charge in [0, 0.05) is 0 Å². The van der Waals surface area contributed by atoms with Gasteiger partial charge < -0.3 is 25.3 Å². The summed E-state index contributed by atoms with van der Waals surface area (Å²) < 4.78 is 0. The summed E-state index contributed by atoms with van der Waals surface area (Å²) >= 11 is 0. The molecule has 1 aromatic rings. The summed E-state index contributed by atoms with van der Waals surface area (Å²) in [7, 11) is 0. The average molecular weight is 313 g/mol. The minimum atomic E-state index is -2.05. The molecule has 11 heteroatoms. The van der Waals surface area contributed by atoms with Gasteiger partial charge in [-0.3, -0.25) is 0 Å². The maximum Gasteiger partial charge on any atom is 0.357 e. The van der Waals surface area contributed by atoms with Crippen molar-refractivity contribution in [3.63, 3.8) is 0 Å². The van der Waals surface area contributed by atoms with Gasteiger partial charge >= 0.3 is 29.8 Å². The number of nitrogens with two attached hydrogens (primary N) is 1. The summed E-state index contributed by atoms with van der Waals surface area (Å²) in [6, 6.07) is 0.372. The predicted octanol–water partition coefficient (Wildman–Crippen LogP) is -0.490. The maximum absolute atomic E-state index is 11.4. The third-order valence-corrected chi connectivity index (χ3v) is 2.53. The average Bonchev–Trinajstić information content (AvgIpc) is 2.43. The molecule has 0 spiro atoms. The molecule has 0 aliphatic carbocycles.